The Kier molecular flexibility index (Phi) is 3.52. The van der Waals surface area contributed by atoms with Gasteiger partial charge in [0.1, 0.15) is 5.60 Å². The van der Waals surface area contributed by atoms with Gasteiger partial charge in [-0.05, 0) is 27.2 Å². The van der Waals surface area contributed by atoms with Crippen LogP contribution >= 0.6 is 0 Å². The van der Waals surface area contributed by atoms with Crippen LogP contribution in [0.2, 0.25) is 0 Å². The van der Waals surface area contributed by atoms with Gasteiger partial charge in [-0.2, -0.15) is 0 Å². The molecule has 0 saturated carbocycles. The normalized spacial score (nSPS) is 14.3. The average Bonchev–Trinajstić information content (AvgIpc) is 1.82. The second-order valence-electron chi connectivity index (χ2n) is 3.43. The van der Waals surface area contributed by atoms with Gasteiger partial charge in [0, 0.05) is 0 Å². The zero-order valence-electron chi connectivity index (χ0n) is 7.51. The fraction of sp³-hybridized carbons (Fsp3) is 0.875. The molecule has 3 heteroatoms. The summed E-state index contributed by atoms with van der Waals surface area (Å²) < 4.78 is 4.84. The topological polar surface area (TPSA) is 46.2 Å². The molecule has 0 rings (SSSR count). The third kappa shape index (κ3) is 4.79. The lowest BCUT2D eigenvalue weighted by Gasteiger charge is -2.20. The van der Waals surface area contributed by atoms with Crippen molar-refractivity contribution in [3.63, 3.8) is 0 Å². The van der Waals surface area contributed by atoms with Crippen molar-refractivity contribution < 1.29 is 14.6 Å². The van der Waals surface area contributed by atoms with E-state index >= 15 is 0 Å². The number of carbonyl (C=O) groups is 1. The molecule has 11 heavy (non-hydrogen) atoms. The van der Waals surface area contributed by atoms with Crippen LogP contribution in [0.3, 0.4) is 0 Å². The smallest absolute Gasteiger partial charge is 0.339 e. The number of carbonyl (C=O) groups excluding carboxylic acids is 1. The fourth-order valence-electron chi connectivity index (χ4n) is 0.534. The molecule has 0 N–H and O–H groups in total. The van der Waals surface area contributed by atoms with Crippen LogP contribution < -0.4 is 0 Å². The quantitative estimate of drug-likeness (QED) is 0.574. The van der Waals surface area contributed by atoms with Crippen LogP contribution in [0.4, 0.5) is 0 Å². The Morgan fingerprint density at radius 3 is 2.18 bits per heavy atom. The summed E-state index contributed by atoms with van der Waals surface area (Å²) in [7, 11) is 0. The summed E-state index contributed by atoms with van der Waals surface area (Å²) in [5.74, 6) is -0.653. The molecule has 3 nitrogen and oxygen atoms in total. The van der Waals surface area contributed by atoms with Gasteiger partial charge in [0.25, 0.3) is 0 Å². The van der Waals surface area contributed by atoms with Gasteiger partial charge in [0.05, 0.1) is 0 Å². The van der Waals surface area contributed by atoms with E-state index in [0.717, 1.165) is 0 Å². The van der Waals surface area contributed by atoms with Gasteiger partial charge in [0.15, 0.2) is 6.10 Å². The largest absolute Gasteiger partial charge is 0.458 e. The minimum Gasteiger partial charge on any atom is -0.458 e. The zero-order chi connectivity index (χ0) is 9.07. The molecule has 0 heterocycles. The van der Waals surface area contributed by atoms with E-state index in [1.807, 2.05) is 0 Å². The second kappa shape index (κ2) is 3.72. The van der Waals surface area contributed by atoms with Crippen LogP contribution in [0.15, 0.2) is 0 Å². The Hall–Kier alpha value is -0.570. The van der Waals surface area contributed by atoms with Crippen molar-refractivity contribution in [2.45, 2.75) is 45.8 Å². The Morgan fingerprint density at radius 1 is 1.45 bits per heavy atom. The summed E-state index contributed by atoms with van der Waals surface area (Å²) in [6.45, 7) is 6.90. The van der Waals surface area contributed by atoms with Crippen LogP contribution in [-0.4, -0.2) is 17.7 Å². The van der Waals surface area contributed by atoms with Crippen molar-refractivity contribution in [3.05, 3.63) is 0 Å². The summed E-state index contributed by atoms with van der Waals surface area (Å²) in [6, 6.07) is 0. The van der Waals surface area contributed by atoms with E-state index in [4.69, 9.17) is 4.74 Å². The summed E-state index contributed by atoms with van der Waals surface area (Å²) in [5, 5.41) is 10.8. The van der Waals surface area contributed by atoms with E-state index in [0.29, 0.717) is 0 Å². The van der Waals surface area contributed by atoms with Crippen molar-refractivity contribution in [3.8, 4) is 0 Å². The Balaban J connectivity index is 3.88. The molecule has 0 aliphatic rings. The SMILES string of the molecule is CCC([O])C(=O)OC(C)(C)C. The highest BCUT2D eigenvalue weighted by Gasteiger charge is 2.22. The van der Waals surface area contributed by atoms with E-state index in [-0.39, 0.29) is 6.42 Å². The molecule has 0 aliphatic heterocycles. The monoisotopic (exact) mass is 159 g/mol. The highest BCUT2D eigenvalue weighted by Crippen LogP contribution is 2.09. The highest BCUT2D eigenvalue weighted by atomic mass is 16.6. The molecule has 0 aromatic carbocycles. The van der Waals surface area contributed by atoms with Crippen molar-refractivity contribution >= 4 is 5.97 Å². The van der Waals surface area contributed by atoms with Crippen molar-refractivity contribution in [1.82, 2.24) is 0 Å². The number of hydrogen-bond donors (Lipinski definition) is 0. The lowest BCUT2D eigenvalue weighted by Crippen LogP contribution is -2.30. The molecule has 65 valence electrons. The van der Waals surface area contributed by atoms with E-state index in [2.05, 4.69) is 0 Å². The number of rotatable bonds is 2. The summed E-state index contributed by atoms with van der Waals surface area (Å²) >= 11 is 0. The first-order chi connectivity index (χ1) is 4.87. The molecule has 0 fully saturated rings. The van der Waals surface area contributed by atoms with E-state index in [9.17, 15) is 9.90 Å². The minimum atomic E-state index is -1.23. The third-order valence-electron chi connectivity index (χ3n) is 1.04. The Morgan fingerprint density at radius 2 is 1.91 bits per heavy atom. The van der Waals surface area contributed by atoms with Gasteiger partial charge >= 0.3 is 5.97 Å². The molecule has 0 bridgehead atoms. The standard InChI is InChI=1S/C8H15O3/c1-5-6(9)7(10)11-8(2,3)4/h6H,5H2,1-4H3. The van der Waals surface area contributed by atoms with E-state index < -0.39 is 17.7 Å². The molecule has 1 unspecified atom stereocenters. The fourth-order valence-corrected chi connectivity index (χ4v) is 0.534. The van der Waals surface area contributed by atoms with Crippen molar-refractivity contribution in [2.75, 3.05) is 0 Å². The van der Waals surface area contributed by atoms with Crippen LogP contribution in [0.1, 0.15) is 34.1 Å². The molecule has 1 atom stereocenters. The first-order valence-corrected chi connectivity index (χ1v) is 3.75. The van der Waals surface area contributed by atoms with Crippen LogP contribution in [0.25, 0.3) is 0 Å². The van der Waals surface area contributed by atoms with E-state index in [1.54, 1.807) is 27.7 Å². The number of esters is 1. The van der Waals surface area contributed by atoms with Gasteiger partial charge in [-0.15, -0.1) is 0 Å². The maximum absolute atomic E-state index is 10.9. The summed E-state index contributed by atoms with van der Waals surface area (Å²) in [6.07, 6.45) is -0.941. The summed E-state index contributed by atoms with van der Waals surface area (Å²) in [5.41, 5.74) is -0.547. The van der Waals surface area contributed by atoms with Gasteiger partial charge in [-0.25, -0.2) is 9.90 Å². The lowest BCUT2D eigenvalue weighted by atomic mass is 10.2. The second-order valence-corrected chi connectivity index (χ2v) is 3.43. The minimum absolute atomic E-state index is 0.287. The molecule has 1 radical (unpaired) electrons. The molecular weight excluding hydrogens is 144 g/mol. The van der Waals surface area contributed by atoms with Gasteiger partial charge < -0.3 is 4.74 Å². The summed E-state index contributed by atoms with van der Waals surface area (Å²) in [4.78, 5) is 10.9. The Bertz CT molecular complexity index is 135. The first kappa shape index (κ1) is 10.4. The molecule has 0 amide bonds. The van der Waals surface area contributed by atoms with Crippen LogP contribution in [0.5, 0.6) is 0 Å². The van der Waals surface area contributed by atoms with Crippen molar-refractivity contribution in [1.29, 1.82) is 0 Å². The maximum Gasteiger partial charge on any atom is 0.339 e. The Labute approximate surface area is 67.4 Å². The predicted molar refractivity (Wildman–Crippen MR) is 40.6 cm³/mol. The molecule has 0 aliphatic carbocycles. The predicted octanol–water partition coefficient (Wildman–Crippen LogP) is 1.54. The van der Waals surface area contributed by atoms with Crippen LogP contribution in [-0.2, 0) is 14.6 Å². The molecule has 0 saturated heterocycles. The van der Waals surface area contributed by atoms with Gasteiger partial charge in [-0.1, -0.05) is 6.92 Å². The average molecular weight is 159 g/mol. The molecule has 0 aromatic rings. The third-order valence-corrected chi connectivity index (χ3v) is 1.04. The van der Waals surface area contributed by atoms with Gasteiger partial charge in [-0.3, -0.25) is 0 Å². The van der Waals surface area contributed by atoms with Crippen LogP contribution in [0, 0.1) is 0 Å². The van der Waals surface area contributed by atoms with Crippen molar-refractivity contribution in [2.24, 2.45) is 0 Å². The lowest BCUT2D eigenvalue weighted by molar-refractivity contribution is -0.168. The molecule has 0 spiro atoms. The zero-order valence-corrected chi connectivity index (χ0v) is 7.51. The highest BCUT2D eigenvalue weighted by molar-refractivity contribution is 5.74. The number of hydrogen-bond acceptors (Lipinski definition) is 2. The maximum atomic E-state index is 10.9. The molecule has 0 aromatic heterocycles. The van der Waals surface area contributed by atoms with E-state index in [1.165, 1.54) is 0 Å². The van der Waals surface area contributed by atoms with Gasteiger partial charge in [0.2, 0.25) is 0 Å². The molecular formula is C8H15O3. The number of ether oxygens (including phenoxy) is 1. The first-order valence-electron chi connectivity index (χ1n) is 3.75.